The topological polar surface area (TPSA) is 108 Å². The highest BCUT2D eigenvalue weighted by Gasteiger charge is 2.24. The highest BCUT2D eigenvalue weighted by molar-refractivity contribution is 7.12. The standard InChI is InChI=1S/C25H32N4O4S/c1-28(18-8-3-2-4-9-18)24(33)17-12-13-20-19(16-17)26-25(27-23(32)21-10-7-15-34-21)29(20)14-6-5-11-22(30)31/h7,10,12-13,15-16,18,22,30-31H,2-6,8-9,11,14H2,1H3,(H,26,27,32). The van der Waals surface area contributed by atoms with Crippen molar-refractivity contribution in [3.63, 3.8) is 0 Å². The Morgan fingerprint density at radius 3 is 2.71 bits per heavy atom. The Morgan fingerprint density at radius 1 is 1.21 bits per heavy atom. The largest absolute Gasteiger partial charge is 0.368 e. The second-order valence-corrected chi connectivity index (χ2v) is 9.85. The average molecular weight is 485 g/mol. The molecule has 9 heteroatoms. The van der Waals surface area contributed by atoms with Crippen molar-refractivity contribution in [2.24, 2.45) is 0 Å². The van der Waals surface area contributed by atoms with E-state index in [2.05, 4.69) is 10.3 Å². The van der Waals surface area contributed by atoms with E-state index in [1.54, 1.807) is 12.1 Å². The van der Waals surface area contributed by atoms with Crippen LogP contribution in [0.25, 0.3) is 11.0 Å². The Bertz CT molecular complexity index is 1120. The number of carbonyl (C=O) groups is 2. The fourth-order valence-electron chi connectivity index (χ4n) is 4.59. The number of anilines is 1. The Hall–Kier alpha value is -2.75. The molecule has 2 aromatic heterocycles. The van der Waals surface area contributed by atoms with E-state index in [0.717, 1.165) is 31.2 Å². The zero-order chi connectivity index (χ0) is 24.1. The van der Waals surface area contributed by atoms with Gasteiger partial charge >= 0.3 is 0 Å². The number of aryl methyl sites for hydroxylation is 1. The molecule has 182 valence electrons. The van der Waals surface area contributed by atoms with Gasteiger partial charge in [0.2, 0.25) is 5.95 Å². The number of aliphatic hydroxyl groups is 2. The number of fused-ring (bicyclic) bond motifs is 1. The van der Waals surface area contributed by atoms with Crippen molar-refractivity contribution in [1.82, 2.24) is 14.5 Å². The molecule has 3 N–H and O–H groups in total. The molecule has 0 unspecified atom stereocenters. The Labute approximate surface area is 203 Å². The molecule has 3 aromatic rings. The number of nitrogens with one attached hydrogen (secondary N) is 1. The van der Waals surface area contributed by atoms with Crippen LogP contribution in [-0.2, 0) is 6.54 Å². The molecule has 1 saturated carbocycles. The fourth-order valence-corrected chi connectivity index (χ4v) is 5.21. The first kappa shape index (κ1) is 24.4. The lowest BCUT2D eigenvalue weighted by Crippen LogP contribution is -2.38. The number of carbonyl (C=O) groups excluding carboxylic acids is 2. The van der Waals surface area contributed by atoms with Gasteiger partial charge < -0.3 is 19.7 Å². The Balaban J connectivity index is 1.59. The highest BCUT2D eigenvalue weighted by Crippen LogP contribution is 2.26. The summed E-state index contributed by atoms with van der Waals surface area (Å²) in [5.74, 6) is 0.179. The number of hydrogen-bond donors (Lipinski definition) is 3. The van der Waals surface area contributed by atoms with Gasteiger partial charge in [0.25, 0.3) is 11.8 Å². The Morgan fingerprint density at radius 2 is 2.00 bits per heavy atom. The minimum Gasteiger partial charge on any atom is -0.368 e. The summed E-state index contributed by atoms with van der Waals surface area (Å²) in [5.41, 5.74) is 2.05. The summed E-state index contributed by atoms with van der Waals surface area (Å²) in [5, 5.41) is 23.0. The molecule has 8 nitrogen and oxygen atoms in total. The molecule has 1 aliphatic rings. The lowest BCUT2D eigenvalue weighted by Gasteiger charge is -2.31. The number of aliphatic hydroxyl groups excluding tert-OH is 1. The van der Waals surface area contributed by atoms with E-state index < -0.39 is 6.29 Å². The minimum atomic E-state index is -1.33. The number of nitrogens with zero attached hydrogens (tertiary/aromatic N) is 3. The van der Waals surface area contributed by atoms with Crippen LogP contribution in [0.15, 0.2) is 35.7 Å². The van der Waals surface area contributed by atoms with Crippen LogP contribution in [0.3, 0.4) is 0 Å². The number of imidazole rings is 1. The van der Waals surface area contributed by atoms with Crippen molar-refractivity contribution < 1.29 is 19.8 Å². The molecule has 0 atom stereocenters. The van der Waals surface area contributed by atoms with Gasteiger partial charge in [0.05, 0.1) is 15.9 Å². The molecular formula is C25H32N4O4S. The molecular weight excluding hydrogens is 452 g/mol. The number of unbranched alkanes of at least 4 members (excludes halogenated alkanes) is 1. The van der Waals surface area contributed by atoms with Crippen LogP contribution in [-0.4, -0.2) is 55.9 Å². The summed E-state index contributed by atoms with van der Waals surface area (Å²) in [6.45, 7) is 0.554. The molecule has 34 heavy (non-hydrogen) atoms. The van der Waals surface area contributed by atoms with Crippen molar-refractivity contribution in [3.05, 3.63) is 46.2 Å². The lowest BCUT2D eigenvalue weighted by atomic mass is 9.94. The number of aromatic nitrogens is 2. The normalized spacial score (nSPS) is 14.6. The first-order valence-corrected chi connectivity index (χ1v) is 12.8. The van der Waals surface area contributed by atoms with Crippen LogP contribution in [0.4, 0.5) is 5.95 Å². The molecule has 4 rings (SSSR count). The third kappa shape index (κ3) is 5.65. The Kier molecular flexibility index (Phi) is 7.97. The minimum absolute atomic E-state index is 0.00976. The van der Waals surface area contributed by atoms with Crippen LogP contribution >= 0.6 is 11.3 Å². The predicted molar refractivity (Wildman–Crippen MR) is 133 cm³/mol. The molecule has 1 fully saturated rings. The zero-order valence-corrected chi connectivity index (χ0v) is 20.3. The van der Waals surface area contributed by atoms with Gasteiger partial charge in [0, 0.05) is 25.2 Å². The van der Waals surface area contributed by atoms with E-state index in [9.17, 15) is 9.59 Å². The van der Waals surface area contributed by atoms with Crippen molar-refractivity contribution in [3.8, 4) is 0 Å². The monoisotopic (exact) mass is 484 g/mol. The quantitative estimate of drug-likeness (QED) is 0.311. The summed E-state index contributed by atoms with van der Waals surface area (Å²) in [4.78, 5) is 33.0. The molecule has 0 bridgehead atoms. The third-order valence-electron chi connectivity index (χ3n) is 6.50. The molecule has 2 heterocycles. The summed E-state index contributed by atoms with van der Waals surface area (Å²) in [7, 11) is 1.88. The highest BCUT2D eigenvalue weighted by atomic mass is 32.1. The van der Waals surface area contributed by atoms with Crippen LogP contribution in [0.2, 0.25) is 0 Å². The molecule has 2 amide bonds. The fraction of sp³-hybridized carbons (Fsp3) is 0.480. The van der Waals surface area contributed by atoms with E-state index >= 15 is 0 Å². The second kappa shape index (κ2) is 11.1. The number of amides is 2. The summed E-state index contributed by atoms with van der Waals surface area (Å²) >= 11 is 1.36. The molecule has 0 saturated heterocycles. The number of thiophene rings is 1. The van der Waals surface area contributed by atoms with E-state index in [-0.39, 0.29) is 24.3 Å². The molecule has 1 aromatic carbocycles. The van der Waals surface area contributed by atoms with Gasteiger partial charge in [0.1, 0.15) is 0 Å². The first-order valence-electron chi connectivity index (χ1n) is 11.9. The van der Waals surface area contributed by atoms with Crippen molar-refractivity contribution in [1.29, 1.82) is 0 Å². The summed E-state index contributed by atoms with van der Waals surface area (Å²) in [6, 6.07) is 9.36. The first-order chi connectivity index (χ1) is 16.4. The van der Waals surface area contributed by atoms with Gasteiger partial charge in [-0.05, 0) is 61.7 Å². The second-order valence-electron chi connectivity index (χ2n) is 8.91. The van der Waals surface area contributed by atoms with Gasteiger partial charge in [-0.15, -0.1) is 11.3 Å². The summed E-state index contributed by atoms with van der Waals surface area (Å²) < 4.78 is 1.92. The van der Waals surface area contributed by atoms with Gasteiger partial charge in [-0.25, -0.2) is 4.98 Å². The van der Waals surface area contributed by atoms with Crippen molar-refractivity contribution >= 4 is 40.1 Å². The van der Waals surface area contributed by atoms with E-state index in [1.807, 2.05) is 40.1 Å². The third-order valence-corrected chi connectivity index (χ3v) is 7.37. The van der Waals surface area contributed by atoms with Crippen molar-refractivity contribution in [2.75, 3.05) is 12.4 Å². The van der Waals surface area contributed by atoms with Gasteiger partial charge in [-0.2, -0.15) is 0 Å². The van der Waals surface area contributed by atoms with Gasteiger partial charge in [0.15, 0.2) is 6.29 Å². The molecule has 0 aliphatic heterocycles. The van der Waals surface area contributed by atoms with Crippen LogP contribution in [0, 0.1) is 0 Å². The van der Waals surface area contributed by atoms with Crippen LogP contribution < -0.4 is 5.32 Å². The molecule has 0 radical (unpaired) electrons. The molecule has 1 aliphatic carbocycles. The lowest BCUT2D eigenvalue weighted by molar-refractivity contribution is -0.0466. The summed E-state index contributed by atoms with van der Waals surface area (Å²) in [6.07, 6.45) is 5.91. The number of rotatable bonds is 9. The van der Waals surface area contributed by atoms with Crippen molar-refractivity contribution in [2.45, 2.75) is 70.2 Å². The number of hydrogen-bond acceptors (Lipinski definition) is 6. The van der Waals surface area contributed by atoms with Crippen LogP contribution in [0.5, 0.6) is 0 Å². The SMILES string of the molecule is CN(C(=O)c1ccc2c(c1)nc(NC(=O)c1cccs1)n2CCCCC(O)O)C1CCCCC1. The van der Waals surface area contributed by atoms with Crippen LogP contribution in [0.1, 0.15) is 71.4 Å². The smallest absolute Gasteiger partial charge is 0.268 e. The maximum atomic E-state index is 13.2. The maximum Gasteiger partial charge on any atom is 0.268 e. The van der Waals surface area contributed by atoms with E-state index in [4.69, 9.17) is 10.2 Å². The maximum absolute atomic E-state index is 13.2. The van der Waals surface area contributed by atoms with E-state index in [0.29, 0.717) is 41.3 Å². The average Bonchev–Trinajstić information content (AvgIpc) is 3.49. The van der Waals surface area contributed by atoms with E-state index in [1.165, 1.54) is 17.8 Å². The van der Waals surface area contributed by atoms with Gasteiger partial charge in [-0.3, -0.25) is 14.9 Å². The number of benzene rings is 1. The predicted octanol–water partition coefficient (Wildman–Crippen LogP) is 4.24. The van der Waals surface area contributed by atoms with Gasteiger partial charge in [-0.1, -0.05) is 25.3 Å². The molecule has 0 spiro atoms. The zero-order valence-electron chi connectivity index (χ0n) is 19.4.